The molecule has 1 fully saturated rings. The second-order valence-electron chi connectivity index (χ2n) is 5.28. The number of benzene rings is 1. The van der Waals surface area contributed by atoms with Crippen molar-refractivity contribution < 1.29 is 13.5 Å². The van der Waals surface area contributed by atoms with Crippen molar-refractivity contribution in [3.63, 3.8) is 0 Å². The molecule has 1 aliphatic carbocycles. The van der Waals surface area contributed by atoms with Crippen LogP contribution in [-0.4, -0.2) is 26.2 Å². The van der Waals surface area contributed by atoms with Crippen LogP contribution in [0.25, 0.3) is 0 Å². The third kappa shape index (κ3) is 3.41. The minimum atomic E-state index is -3.84. The second kappa shape index (κ2) is 5.99. The number of aliphatic hydroxyl groups is 1. The molecule has 2 atom stereocenters. The minimum Gasteiger partial charge on any atom is -0.399 e. The molecule has 0 amide bonds. The third-order valence-electron chi connectivity index (χ3n) is 3.80. The number of sulfonamides is 1. The van der Waals surface area contributed by atoms with Gasteiger partial charge in [0.25, 0.3) is 0 Å². The Labute approximate surface area is 119 Å². The zero-order chi connectivity index (χ0) is 14.8. The first-order valence-electron chi connectivity index (χ1n) is 6.71. The van der Waals surface area contributed by atoms with Crippen molar-refractivity contribution in [3.05, 3.63) is 18.2 Å². The van der Waals surface area contributed by atoms with Crippen LogP contribution in [-0.2, 0) is 10.0 Å². The van der Waals surface area contributed by atoms with Gasteiger partial charge in [-0.2, -0.15) is 0 Å². The summed E-state index contributed by atoms with van der Waals surface area (Å²) in [5.74, 6) is 0.134. The predicted molar refractivity (Wildman–Crippen MR) is 78.7 cm³/mol. The zero-order valence-electron chi connectivity index (χ0n) is 11.2. The monoisotopic (exact) mass is 299 g/mol. The molecule has 7 heteroatoms. The molecular formula is C13H21N3O3S. The van der Waals surface area contributed by atoms with Crippen molar-refractivity contribution in [1.82, 2.24) is 0 Å². The smallest absolute Gasteiger partial charge is 0.240 e. The minimum absolute atomic E-state index is 0.000219. The normalized spacial score (nSPS) is 23.5. The van der Waals surface area contributed by atoms with E-state index in [1.165, 1.54) is 6.07 Å². The second-order valence-corrected chi connectivity index (χ2v) is 6.81. The Hall–Kier alpha value is -1.31. The fourth-order valence-electron chi connectivity index (χ4n) is 2.71. The largest absolute Gasteiger partial charge is 0.399 e. The summed E-state index contributed by atoms with van der Waals surface area (Å²) in [6, 6.07) is 4.67. The van der Waals surface area contributed by atoms with Crippen LogP contribution in [0.5, 0.6) is 0 Å². The molecule has 0 bridgehead atoms. The first kappa shape index (κ1) is 15.1. The lowest BCUT2D eigenvalue weighted by atomic mass is 9.85. The molecule has 112 valence electrons. The van der Waals surface area contributed by atoms with Gasteiger partial charge in [-0.3, -0.25) is 0 Å². The van der Waals surface area contributed by atoms with E-state index in [1.807, 2.05) is 0 Å². The number of hydrogen-bond acceptors (Lipinski definition) is 5. The van der Waals surface area contributed by atoms with Crippen LogP contribution < -0.4 is 16.2 Å². The summed E-state index contributed by atoms with van der Waals surface area (Å²) in [5.41, 5.74) is 6.42. The van der Waals surface area contributed by atoms with E-state index in [-0.39, 0.29) is 23.5 Å². The summed E-state index contributed by atoms with van der Waals surface area (Å²) in [4.78, 5) is -0.000219. The van der Waals surface area contributed by atoms with Crippen molar-refractivity contribution in [1.29, 1.82) is 0 Å². The van der Waals surface area contributed by atoms with Gasteiger partial charge >= 0.3 is 0 Å². The van der Waals surface area contributed by atoms with Gasteiger partial charge in [0.1, 0.15) is 4.90 Å². The maximum Gasteiger partial charge on any atom is 0.240 e. The highest BCUT2D eigenvalue weighted by Crippen LogP contribution is 2.30. The number of nitrogens with one attached hydrogen (secondary N) is 1. The molecule has 1 aromatic rings. The molecule has 0 heterocycles. The van der Waals surface area contributed by atoms with E-state index in [1.54, 1.807) is 12.1 Å². The highest BCUT2D eigenvalue weighted by atomic mass is 32.2. The van der Waals surface area contributed by atoms with Crippen LogP contribution in [0.4, 0.5) is 11.4 Å². The number of rotatable bonds is 4. The Morgan fingerprint density at radius 3 is 2.65 bits per heavy atom. The Kier molecular flexibility index (Phi) is 4.52. The lowest BCUT2D eigenvalue weighted by Gasteiger charge is -2.32. The summed E-state index contributed by atoms with van der Waals surface area (Å²) >= 11 is 0. The number of anilines is 2. The van der Waals surface area contributed by atoms with Gasteiger partial charge in [0.2, 0.25) is 10.0 Å². The average molecular weight is 299 g/mol. The standard InChI is InChI=1S/C13H21N3O3S/c14-10-5-6-12(13(7-10)20(15,18)19)16-11-4-2-1-3-9(11)8-17/h5-7,9,11,16-17H,1-4,8,14H2,(H2,15,18,19). The Morgan fingerprint density at radius 2 is 2.00 bits per heavy atom. The summed E-state index contributed by atoms with van der Waals surface area (Å²) in [6.45, 7) is 0.0946. The molecule has 20 heavy (non-hydrogen) atoms. The fraction of sp³-hybridized carbons (Fsp3) is 0.538. The summed E-state index contributed by atoms with van der Waals surface area (Å²) in [6.07, 6.45) is 3.99. The maximum atomic E-state index is 11.6. The number of nitrogen functional groups attached to an aromatic ring is 1. The third-order valence-corrected chi connectivity index (χ3v) is 4.75. The highest BCUT2D eigenvalue weighted by Gasteiger charge is 2.26. The molecule has 2 unspecified atom stereocenters. The van der Waals surface area contributed by atoms with E-state index in [4.69, 9.17) is 10.9 Å². The van der Waals surface area contributed by atoms with Gasteiger partial charge in [-0.1, -0.05) is 12.8 Å². The molecule has 6 N–H and O–H groups in total. The first-order valence-corrected chi connectivity index (χ1v) is 8.26. The van der Waals surface area contributed by atoms with Crippen molar-refractivity contribution in [2.45, 2.75) is 36.6 Å². The molecule has 2 rings (SSSR count). The van der Waals surface area contributed by atoms with E-state index < -0.39 is 10.0 Å². The lowest BCUT2D eigenvalue weighted by molar-refractivity contribution is 0.178. The van der Waals surface area contributed by atoms with Gasteiger partial charge in [0.15, 0.2) is 0 Å². The Morgan fingerprint density at radius 1 is 1.30 bits per heavy atom. The van der Waals surface area contributed by atoms with Crippen LogP contribution in [0, 0.1) is 5.92 Å². The SMILES string of the molecule is Nc1ccc(NC2CCCCC2CO)c(S(N)(=O)=O)c1. The summed E-state index contributed by atoms with van der Waals surface area (Å²) < 4.78 is 23.3. The van der Waals surface area contributed by atoms with Crippen LogP contribution >= 0.6 is 0 Å². The van der Waals surface area contributed by atoms with E-state index >= 15 is 0 Å². The van der Waals surface area contributed by atoms with E-state index in [9.17, 15) is 13.5 Å². The molecule has 0 aromatic heterocycles. The summed E-state index contributed by atoms with van der Waals surface area (Å²) in [5, 5.41) is 17.8. The molecule has 0 aliphatic heterocycles. The van der Waals surface area contributed by atoms with Gasteiger partial charge in [-0.05, 0) is 31.0 Å². The lowest BCUT2D eigenvalue weighted by Crippen LogP contribution is -2.35. The molecule has 0 spiro atoms. The van der Waals surface area contributed by atoms with E-state index in [0.29, 0.717) is 11.4 Å². The van der Waals surface area contributed by atoms with Gasteiger partial charge < -0.3 is 16.2 Å². The van der Waals surface area contributed by atoms with Crippen molar-refractivity contribution >= 4 is 21.4 Å². The molecule has 1 aliphatic rings. The van der Waals surface area contributed by atoms with Gasteiger partial charge in [0, 0.05) is 24.3 Å². The zero-order valence-corrected chi connectivity index (χ0v) is 12.1. The average Bonchev–Trinajstić information content (AvgIpc) is 2.40. The topological polar surface area (TPSA) is 118 Å². The van der Waals surface area contributed by atoms with E-state index in [2.05, 4.69) is 5.32 Å². The molecule has 6 nitrogen and oxygen atoms in total. The quantitative estimate of drug-likeness (QED) is 0.615. The number of primary sulfonamides is 1. The number of hydrogen-bond donors (Lipinski definition) is 4. The highest BCUT2D eigenvalue weighted by molar-refractivity contribution is 7.89. The Bertz CT molecular complexity index is 574. The summed E-state index contributed by atoms with van der Waals surface area (Å²) in [7, 11) is -3.84. The number of nitrogens with two attached hydrogens (primary N) is 2. The van der Waals surface area contributed by atoms with Crippen LogP contribution in [0.3, 0.4) is 0 Å². The molecule has 0 saturated heterocycles. The van der Waals surface area contributed by atoms with Crippen LogP contribution in [0.2, 0.25) is 0 Å². The van der Waals surface area contributed by atoms with E-state index in [0.717, 1.165) is 25.7 Å². The molecule has 0 radical (unpaired) electrons. The van der Waals surface area contributed by atoms with Crippen LogP contribution in [0.15, 0.2) is 23.1 Å². The number of aliphatic hydroxyl groups excluding tert-OH is 1. The molecule has 1 aromatic carbocycles. The Balaban J connectivity index is 2.29. The van der Waals surface area contributed by atoms with Crippen LogP contribution in [0.1, 0.15) is 25.7 Å². The van der Waals surface area contributed by atoms with Gasteiger partial charge in [-0.25, -0.2) is 13.6 Å². The fourth-order valence-corrected chi connectivity index (χ4v) is 3.44. The van der Waals surface area contributed by atoms with Crippen molar-refractivity contribution in [2.75, 3.05) is 17.7 Å². The maximum absolute atomic E-state index is 11.6. The molecule has 1 saturated carbocycles. The predicted octanol–water partition coefficient (Wildman–Crippen LogP) is 0.879. The van der Waals surface area contributed by atoms with Crippen molar-refractivity contribution in [3.8, 4) is 0 Å². The van der Waals surface area contributed by atoms with Gasteiger partial charge in [0.05, 0.1) is 5.69 Å². The van der Waals surface area contributed by atoms with Gasteiger partial charge in [-0.15, -0.1) is 0 Å². The molecular weight excluding hydrogens is 278 g/mol. The first-order chi connectivity index (χ1) is 9.41. The van der Waals surface area contributed by atoms with Crippen molar-refractivity contribution in [2.24, 2.45) is 11.1 Å².